The van der Waals surface area contributed by atoms with Crippen LogP contribution in [-0.2, 0) is 13.0 Å². The Kier molecular flexibility index (Phi) is 7.13. The summed E-state index contributed by atoms with van der Waals surface area (Å²) in [6, 6.07) is 0. The van der Waals surface area contributed by atoms with E-state index in [1.54, 1.807) is 0 Å². The molecule has 3 rings (SSSR count). The van der Waals surface area contributed by atoms with E-state index in [4.69, 9.17) is 9.97 Å². The van der Waals surface area contributed by atoms with Gasteiger partial charge in [-0.2, -0.15) is 0 Å². The standard InChI is InChI=1S/C14H23N5.2ClH/c1-15-14-11-9-19(2)7-5-12(11)17-13(18-14)10-4-3-6-16-8-10;;/h10,16H,3-9H2,1-2H3,(H,15,17,18);2*1H. The number of rotatable bonds is 2. The first kappa shape index (κ1) is 18.4. The second-order valence-corrected chi connectivity index (χ2v) is 5.64. The average Bonchev–Trinajstić information content (AvgIpc) is 2.47. The highest BCUT2D eigenvalue weighted by atomic mass is 35.5. The smallest absolute Gasteiger partial charge is 0.135 e. The first-order valence-corrected chi connectivity index (χ1v) is 7.24. The van der Waals surface area contributed by atoms with Gasteiger partial charge in [-0.25, -0.2) is 9.97 Å². The maximum atomic E-state index is 4.86. The molecule has 1 saturated heterocycles. The van der Waals surface area contributed by atoms with E-state index in [0.717, 1.165) is 44.2 Å². The zero-order valence-corrected chi connectivity index (χ0v) is 14.3. The number of nitrogens with one attached hydrogen (secondary N) is 2. The molecule has 5 nitrogen and oxygen atoms in total. The SMILES string of the molecule is CNc1nc(C2CCCNC2)nc2c1CN(C)CC2.Cl.Cl. The molecular weight excluding hydrogens is 309 g/mol. The molecule has 1 unspecified atom stereocenters. The molecule has 0 bridgehead atoms. The van der Waals surface area contributed by atoms with Gasteiger partial charge in [0, 0.05) is 44.6 Å². The molecule has 2 aliphatic rings. The molecule has 21 heavy (non-hydrogen) atoms. The first-order valence-electron chi connectivity index (χ1n) is 7.24. The second-order valence-electron chi connectivity index (χ2n) is 5.64. The topological polar surface area (TPSA) is 53.1 Å². The van der Waals surface area contributed by atoms with Crippen LogP contribution in [0.25, 0.3) is 0 Å². The number of fused-ring (bicyclic) bond motifs is 1. The Morgan fingerprint density at radius 2 is 2.10 bits per heavy atom. The molecule has 7 heteroatoms. The van der Waals surface area contributed by atoms with Crippen LogP contribution in [0.15, 0.2) is 0 Å². The van der Waals surface area contributed by atoms with Crippen LogP contribution in [-0.4, -0.2) is 48.6 Å². The highest BCUT2D eigenvalue weighted by Crippen LogP contribution is 2.27. The van der Waals surface area contributed by atoms with Gasteiger partial charge in [0.2, 0.25) is 0 Å². The summed E-state index contributed by atoms with van der Waals surface area (Å²) < 4.78 is 0. The van der Waals surface area contributed by atoms with E-state index in [2.05, 4.69) is 22.6 Å². The molecule has 0 saturated carbocycles. The Morgan fingerprint density at radius 1 is 1.29 bits per heavy atom. The van der Waals surface area contributed by atoms with Crippen molar-refractivity contribution in [3.05, 3.63) is 17.1 Å². The minimum absolute atomic E-state index is 0. The molecule has 1 aromatic heterocycles. The third-order valence-electron chi connectivity index (χ3n) is 4.17. The van der Waals surface area contributed by atoms with Crippen LogP contribution in [0.5, 0.6) is 0 Å². The number of nitrogens with zero attached hydrogens (tertiary/aromatic N) is 3. The predicted molar refractivity (Wildman–Crippen MR) is 91.0 cm³/mol. The largest absolute Gasteiger partial charge is 0.373 e. The van der Waals surface area contributed by atoms with E-state index < -0.39 is 0 Å². The van der Waals surface area contributed by atoms with Gasteiger partial charge in [0.05, 0.1) is 5.69 Å². The van der Waals surface area contributed by atoms with Crippen molar-refractivity contribution in [2.24, 2.45) is 0 Å². The van der Waals surface area contributed by atoms with Crippen molar-refractivity contribution in [3.8, 4) is 0 Å². The highest BCUT2D eigenvalue weighted by molar-refractivity contribution is 5.85. The summed E-state index contributed by atoms with van der Waals surface area (Å²) >= 11 is 0. The van der Waals surface area contributed by atoms with E-state index in [0.29, 0.717) is 5.92 Å². The van der Waals surface area contributed by atoms with Gasteiger partial charge >= 0.3 is 0 Å². The first-order chi connectivity index (χ1) is 9.28. The predicted octanol–water partition coefficient (Wildman–Crippen LogP) is 1.82. The number of aromatic nitrogens is 2. The maximum absolute atomic E-state index is 4.86. The normalized spacial score (nSPS) is 21.7. The number of hydrogen-bond donors (Lipinski definition) is 2. The Hall–Kier alpha value is -0.620. The lowest BCUT2D eigenvalue weighted by Crippen LogP contribution is -2.32. The number of likely N-dealkylation sites (N-methyl/N-ethyl adjacent to an activating group) is 1. The van der Waals surface area contributed by atoms with Crippen LogP contribution in [0.4, 0.5) is 5.82 Å². The van der Waals surface area contributed by atoms with Crippen molar-refractivity contribution in [2.45, 2.75) is 31.7 Å². The van der Waals surface area contributed by atoms with Crippen molar-refractivity contribution in [1.29, 1.82) is 0 Å². The summed E-state index contributed by atoms with van der Waals surface area (Å²) in [4.78, 5) is 12.0. The van der Waals surface area contributed by atoms with Gasteiger partial charge in [-0.15, -0.1) is 24.8 Å². The quantitative estimate of drug-likeness (QED) is 0.864. The molecule has 2 N–H and O–H groups in total. The van der Waals surface area contributed by atoms with Gasteiger partial charge in [0.1, 0.15) is 11.6 Å². The summed E-state index contributed by atoms with van der Waals surface area (Å²) in [6.45, 7) is 4.19. The van der Waals surface area contributed by atoms with Crippen LogP contribution >= 0.6 is 24.8 Å². The van der Waals surface area contributed by atoms with Gasteiger partial charge in [-0.1, -0.05) is 0 Å². The minimum Gasteiger partial charge on any atom is -0.373 e. The third-order valence-corrected chi connectivity index (χ3v) is 4.17. The number of halogens is 2. The molecule has 0 spiro atoms. The highest BCUT2D eigenvalue weighted by Gasteiger charge is 2.24. The molecule has 0 radical (unpaired) electrons. The van der Waals surface area contributed by atoms with E-state index in [1.807, 2.05) is 7.05 Å². The molecule has 2 aliphatic heterocycles. The van der Waals surface area contributed by atoms with E-state index in [-0.39, 0.29) is 24.8 Å². The van der Waals surface area contributed by atoms with E-state index in [9.17, 15) is 0 Å². The Morgan fingerprint density at radius 3 is 2.76 bits per heavy atom. The lowest BCUT2D eigenvalue weighted by Gasteiger charge is -2.28. The van der Waals surface area contributed by atoms with Gasteiger partial charge in [-0.3, -0.25) is 0 Å². The molecule has 0 aromatic carbocycles. The monoisotopic (exact) mass is 333 g/mol. The fourth-order valence-corrected chi connectivity index (χ4v) is 3.03. The number of piperidine rings is 1. The molecular formula is C14H25Cl2N5. The molecule has 0 aliphatic carbocycles. The average molecular weight is 334 g/mol. The zero-order chi connectivity index (χ0) is 13.2. The van der Waals surface area contributed by atoms with Gasteiger partial charge < -0.3 is 15.5 Å². The molecule has 1 aromatic rings. The molecule has 120 valence electrons. The van der Waals surface area contributed by atoms with Gasteiger partial charge in [-0.05, 0) is 26.4 Å². The van der Waals surface area contributed by atoms with E-state index in [1.165, 1.54) is 24.1 Å². The lowest BCUT2D eigenvalue weighted by atomic mass is 9.97. The van der Waals surface area contributed by atoms with Crippen molar-refractivity contribution in [2.75, 3.05) is 39.0 Å². The van der Waals surface area contributed by atoms with Crippen molar-refractivity contribution in [1.82, 2.24) is 20.2 Å². The summed E-state index contributed by atoms with van der Waals surface area (Å²) in [5.74, 6) is 2.53. The van der Waals surface area contributed by atoms with Crippen LogP contribution in [0.2, 0.25) is 0 Å². The third kappa shape index (κ3) is 3.97. The Labute approximate surface area is 139 Å². The molecule has 3 heterocycles. The summed E-state index contributed by atoms with van der Waals surface area (Å²) in [7, 11) is 4.11. The fourth-order valence-electron chi connectivity index (χ4n) is 3.03. The van der Waals surface area contributed by atoms with E-state index >= 15 is 0 Å². The summed E-state index contributed by atoms with van der Waals surface area (Å²) in [6.07, 6.45) is 3.47. The molecule has 1 fully saturated rings. The lowest BCUT2D eigenvalue weighted by molar-refractivity contribution is 0.308. The van der Waals surface area contributed by atoms with Gasteiger partial charge in [0.25, 0.3) is 0 Å². The van der Waals surface area contributed by atoms with Crippen molar-refractivity contribution >= 4 is 30.6 Å². The summed E-state index contributed by atoms with van der Waals surface area (Å²) in [5, 5.41) is 6.71. The molecule has 1 atom stereocenters. The van der Waals surface area contributed by atoms with Crippen LogP contribution in [0.1, 0.15) is 35.8 Å². The van der Waals surface area contributed by atoms with Crippen LogP contribution in [0, 0.1) is 0 Å². The van der Waals surface area contributed by atoms with Crippen LogP contribution in [0.3, 0.4) is 0 Å². The Balaban J connectivity index is 0.00000110. The van der Waals surface area contributed by atoms with Gasteiger partial charge in [0.15, 0.2) is 0 Å². The minimum atomic E-state index is 0. The second kappa shape index (κ2) is 8.13. The zero-order valence-electron chi connectivity index (χ0n) is 12.7. The number of anilines is 1. The van der Waals surface area contributed by atoms with Crippen LogP contribution < -0.4 is 10.6 Å². The molecule has 0 amide bonds. The Bertz CT molecular complexity index is 446. The summed E-state index contributed by atoms with van der Waals surface area (Å²) in [5.41, 5.74) is 2.53. The fraction of sp³-hybridized carbons (Fsp3) is 0.714. The van der Waals surface area contributed by atoms with Crippen molar-refractivity contribution in [3.63, 3.8) is 0 Å². The van der Waals surface area contributed by atoms with Crippen molar-refractivity contribution < 1.29 is 0 Å². The maximum Gasteiger partial charge on any atom is 0.135 e. The number of hydrogen-bond acceptors (Lipinski definition) is 5.